The summed E-state index contributed by atoms with van der Waals surface area (Å²) >= 11 is 0. The minimum atomic E-state index is -0.495. The number of ether oxygens (including phenoxy) is 2. The Bertz CT molecular complexity index is 754. The largest absolute Gasteiger partial charge is 0.498 e. The third-order valence-corrected chi connectivity index (χ3v) is 4.95. The summed E-state index contributed by atoms with van der Waals surface area (Å²) in [6.45, 7) is 10.3. The summed E-state index contributed by atoms with van der Waals surface area (Å²) in [5.41, 5.74) is 1.91. The van der Waals surface area contributed by atoms with E-state index in [0.717, 1.165) is 21.9 Å². The number of hydrogen-bond acceptors (Lipinski definition) is 5. The molecule has 0 spiro atoms. The van der Waals surface area contributed by atoms with Crippen molar-refractivity contribution in [3.8, 4) is 5.75 Å². The van der Waals surface area contributed by atoms with E-state index in [1.54, 1.807) is 11.8 Å². The van der Waals surface area contributed by atoms with Crippen LogP contribution in [0.25, 0.3) is 10.9 Å². The number of benzene rings is 1. The highest BCUT2D eigenvalue weighted by atomic mass is 16.7. The quantitative estimate of drug-likeness (QED) is 0.634. The lowest BCUT2D eigenvalue weighted by atomic mass is 9.76. The molecule has 1 saturated heterocycles. The first-order valence-electron chi connectivity index (χ1n) is 8.10. The average molecular weight is 332 g/mol. The second-order valence-electron chi connectivity index (χ2n) is 7.30. The molecule has 0 bridgehead atoms. The Hall–Kier alpha value is -1.57. The van der Waals surface area contributed by atoms with Crippen molar-refractivity contribution in [1.29, 1.82) is 0 Å². The van der Waals surface area contributed by atoms with Crippen molar-refractivity contribution < 1.29 is 18.8 Å². The van der Waals surface area contributed by atoms with Gasteiger partial charge in [0, 0.05) is 36.8 Å². The van der Waals surface area contributed by atoms with Gasteiger partial charge in [0.15, 0.2) is 6.79 Å². The van der Waals surface area contributed by atoms with Gasteiger partial charge in [0.05, 0.1) is 16.7 Å². The summed E-state index contributed by atoms with van der Waals surface area (Å²) in [6.07, 6.45) is 1.98. The van der Waals surface area contributed by atoms with Crippen LogP contribution >= 0.6 is 0 Å². The van der Waals surface area contributed by atoms with Crippen LogP contribution in [-0.2, 0) is 21.1 Å². The molecule has 2 heterocycles. The van der Waals surface area contributed by atoms with E-state index in [1.165, 1.54) is 0 Å². The molecule has 2 aromatic rings. The zero-order valence-electron chi connectivity index (χ0n) is 15.5. The fourth-order valence-electron chi connectivity index (χ4n) is 2.92. The topological polar surface area (TPSA) is 54.7 Å². The van der Waals surface area contributed by atoms with E-state index < -0.39 is 18.3 Å². The lowest BCUT2D eigenvalue weighted by Gasteiger charge is -2.32. The number of aryl methyl sites for hydroxylation is 2. The van der Waals surface area contributed by atoms with Gasteiger partial charge in [-0.05, 0) is 40.7 Å². The van der Waals surface area contributed by atoms with Gasteiger partial charge >= 0.3 is 7.12 Å². The first-order chi connectivity index (χ1) is 11.2. The SMILES string of the molecule is COCOc1c(B2OC(C)(C)C(C)(C)O2)cc2cn(C)nc2c1C. The minimum absolute atomic E-state index is 0.158. The van der Waals surface area contributed by atoms with Gasteiger partial charge in [0.2, 0.25) is 0 Å². The third kappa shape index (κ3) is 2.70. The van der Waals surface area contributed by atoms with Crippen molar-refractivity contribution in [3.05, 3.63) is 17.8 Å². The second kappa shape index (κ2) is 5.76. The number of rotatable bonds is 4. The molecule has 0 amide bonds. The molecule has 1 fully saturated rings. The van der Waals surface area contributed by atoms with E-state index >= 15 is 0 Å². The number of nitrogens with zero attached hydrogens (tertiary/aromatic N) is 2. The molecule has 1 aliphatic heterocycles. The van der Waals surface area contributed by atoms with Crippen LogP contribution in [-0.4, -0.2) is 42.0 Å². The first-order valence-corrected chi connectivity index (χ1v) is 8.10. The Morgan fingerprint density at radius 2 is 1.83 bits per heavy atom. The second-order valence-corrected chi connectivity index (χ2v) is 7.30. The van der Waals surface area contributed by atoms with Gasteiger partial charge in [-0.15, -0.1) is 0 Å². The van der Waals surface area contributed by atoms with Crippen molar-refractivity contribution >= 4 is 23.5 Å². The fourth-order valence-corrected chi connectivity index (χ4v) is 2.92. The van der Waals surface area contributed by atoms with Crippen LogP contribution in [0.4, 0.5) is 0 Å². The van der Waals surface area contributed by atoms with Crippen molar-refractivity contribution in [1.82, 2.24) is 9.78 Å². The van der Waals surface area contributed by atoms with Gasteiger partial charge in [-0.3, -0.25) is 4.68 Å². The molecule has 0 saturated carbocycles. The first kappa shape index (κ1) is 17.3. The van der Waals surface area contributed by atoms with Gasteiger partial charge in [-0.1, -0.05) is 0 Å². The Morgan fingerprint density at radius 1 is 1.21 bits per heavy atom. The summed E-state index contributed by atoms with van der Waals surface area (Å²) in [5.74, 6) is 0.710. The molecule has 130 valence electrons. The van der Waals surface area contributed by atoms with E-state index in [0.29, 0.717) is 5.75 Å². The zero-order valence-corrected chi connectivity index (χ0v) is 15.5. The van der Waals surface area contributed by atoms with E-state index in [4.69, 9.17) is 18.8 Å². The zero-order chi connectivity index (χ0) is 17.7. The molecular formula is C17H25BN2O4. The van der Waals surface area contributed by atoms with Gasteiger partial charge in [-0.2, -0.15) is 5.10 Å². The lowest BCUT2D eigenvalue weighted by molar-refractivity contribution is 0.00578. The van der Waals surface area contributed by atoms with Crippen LogP contribution in [0.1, 0.15) is 33.3 Å². The molecule has 1 aliphatic rings. The van der Waals surface area contributed by atoms with Crippen molar-refractivity contribution in [2.24, 2.45) is 7.05 Å². The molecule has 0 N–H and O–H groups in total. The molecule has 3 rings (SSSR count). The lowest BCUT2D eigenvalue weighted by Crippen LogP contribution is -2.41. The third-order valence-electron chi connectivity index (χ3n) is 4.95. The average Bonchev–Trinajstić information content (AvgIpc) is 2.94. The molecule has 1 aromatic heterocycles. The molecular weight excluding hydrogens is 307 g/mol. The molecule has 0 unspecified atom stereocenters. The van der Waals surface area contributed by atoms with Crippen LogP contribution < -0.4 is 10.2 Å². The highest BCUT2D eigenvalue weighted by Crippen LogP contribution is 2.38. The maximum Gasteiger partial charge on any atom is 0.498 e. The summed E-state index contributed by atoms with van der Waals surface area (Å²) in [7, 11) is 3.01. The minimum Gasteiger partial charge on any atom is -0.468 e. The van der Waals surface area contributed by atoms with Crippen molar-refractivity contribution in [3.63, 3.8) is 0 Å². The molecule has 0 aliphatic carbocycles. The molecule has 0 radical (unpaired) electrons. The summed E-state index contributed by atoms with van der Waals surface area (Å²) in [5, 5.41) is 5.55. The standard InChI is InChI=1S/C17H25BN2O4/c1-11-14-12(9-20(6)19-14)8-13(15(11)22-10-21-7)18-23-16(2,3)17(4,5)24-18/h8-9H,10H2,1-7H3. The van der Waals surface area contributed by atoms with Crippen LogP contribution in [0, 0.1) is 6.92 Å². The number of hydrogen-bond donors (Lipinski definition) is 0. The van der Waals surface area contributed by atoms with Crippen molar-refractivity contribution in [2.75, 3.05) is 13.9 Å². The van der Waals surface area contributed by atoms with Crippen LogP contribution in [0.5, 0.6) is 5.75 Å². The van der Waals surface area contributed by atoms with Crippen LogP contribution in [0.3, 0.4) is 0 Å². The summed E-state index contributed by atoms with van der Waals surface area (Å²) in [6, 6.07) is 2.03. The van der Waals surface area contributed by atoms with Gasteiger partial charge in [0.1, 0.15) is 5.75 Å². The fraction of sp³-hybridized carbons (Fsp3) is 0.588. The molecule has 7 heteroatoms. The maximum atomic E-state index is 6.21. The molecule has 6 nitrogen and oxygen atoms in total. The number of fused-ring (bicyclic) bond motifs is 1. The number of aromatic nitrogens is 2. The normalized spacial score (nSPS) is 19.2. The van der Waals surface area contributed by atoms with E-state index in [9.17, 15) is 0 Å². The molecule has 1 aromatic carbocycles. The Kier molecular flexibility index (Phi) is 4.14. The van der Waals surface area contributed by atoms with E-state index in [-0.39, 0.29) is 6.79 Å². The Labute approximate surface area is 143 Å². The summed E-state index contributed by atoms with van der Waals surface area (Å²) in [4.78, 5) is 0. The Morgan fingerprint density at radius 3 is 2.42 bits per heavy atom. The highest BCUT2D eigenvalue weighted by Gasteiger charge is 2.52. The van der Waals surface area contributed by atoms with Gasteiger partial charge in [0.25, 0.3) is 0 Å². The van der Waals surface area contributed by atoms with Crippen LogP contribution in [0.2, 0.25) is 0 Å². The predicted octanol–water partition coefficient (Wildman–Crippen LogP) is 2.16. The summed E-state index contributed by atoms with van der Waals surface area (Å²) < 4.78 is 25.2. The highest BCUT2D eigenvalue weighted by molar-refractivity contribution is 6.63. The van der Waals surface area contributed by atoms with Crippen molar-refractivity contribution in [2.45, 2.75) is 45.8 Å². The van der Waals surface area contributed by atoms with Crippen LogP contribution in [0.15, 0.2) is 12.3 Å². The van der Waals surface area contributed by atoms with E-state index in [2.05, 4.69) is 5.10 Å². The smallest absolute Gasteiger partial charge is 0.468 e. The molecule has 0 atom stereocenters. The monoisotopic (exact) mass is 332 g/mol. The van der Waals surface area contributed by atoms with E-state index in [1.807, 2.05) is 53.9 Å². The van der Waals surface area contributed by atoms with Gasteiger partial charge < -0.3 is 18.8 Å². The van der Waals surface area contributed by atoms with Gasteiger partial charge in [-0.25, -0.2) is 0 Å². The number of methoxy groups -OCH3 is 1. The maximum absolute atomic E-state index is 6.21. The Balaban J connectivity index is 2.12. The molecule has 24 heavy (non-hydrogen) atoms. The predicted molar refractivity (Wildman–Crippen MR) is 93.7 cm³/mol.